The second-order valence-corrected chi connectivity index (χ2v) is 6.04. The van der Waals surface area contributed by atoms with E-state index in [-0.39, 0.29) is 24.1 Å². The van der Waals surface area contributed by atoms with Crippen LogP contribution in [0.25, 0.3) is 0 Å². The Hall–Kier alpha value is -2.94. The molecule has 0 aliphatic carbocycles. The lowest BCUT2D eigenvalue weighted by Crippen LogP contribution is -2.36. The molecule has 0 spiro atoms. The van der Waals surface area contributed by atoms with Gasteiger partial charge in [0.1, 0.15) is 18.2 Å². The van der Waals surface area contributed by atoms with Gasteiger partial charge in [0.05, 0.1) is 11.7 Å². The summed E-state index contributed by atoms with van der Waals surface area (Å²) in [6.45, 7) is 7.14. The molecule has 1 atom stereocenters. The molecule has 0 fully saturated rings. The number of rotatable bonds is 5. The fourth-order valence-electron chi connectivity index (χ4n) is 2.56. The number of nitrogens with zero attached hydrogens (tertiary/aromatic N) is 3. The van der Waals surface area contributed by atoms with Gasteiger partial charge in [-0.3, -0.25) is 9.59 Å². The Morgan fingerprint density at radius 1 is 1.32 bits per heavy atom. The lowest BCUT2D eigenvalue weighted by Gasteiger charge is -2.15. The van der Waals surface area contributed by atoms with Crippen LogP contribution >= 0.6 is 0 Å². The summed E-state index contributed by atoms with van der Waals surface area (Å²) in [5.74, 6) is -0.325. The first-order valence-electron chi connectivity index (χ1n) is 8.24. The number of carbonyl (C=O) groups is 1. The molecule has 0 saturated carbocycles. The number of nitrogens with one attached hydrogen (secondary N) is 1. The molecule has 130 valence electrons. The summed E-state index contributed by atoms with van der Waals surface area (Å²) >= 11 is 0. The predicted molar refractivity (Wildman–Crippen MR) is 95.1 cm³/mol. The van der Waals surface area contributed by atoms with Gasteiger partial charge in [-0.25, -0.2) is 4.68 Å². The van der Waals surface area contributed by atoms with Crippen LogP contribution in [0.1, 0.15) is 47.8 Å². The molecule has 1 amide bonds. The van der Waals surface area contributed by atoms with E-state index in [0.29, 0.717) is 11.3 Å². The van der Waals surface area contributed by atoms with E-state index in [1.807, 2.05) is 37.3 Å². The molecule has 1 aromatic carbocycles. The highest BCUT2D eigenvalue weighted by molar-refractivity contribution is 5.76. The van der Waals surface area contributed by atoms with Gasteiger partial charge >= 0.3 is 0 Å². The number of nitriles is 1. The molecule has 25 heavy (non-hydrogen) atoms. The Kier molecular flexibility index (Phi) is 5.71. The lowest BCUT2D eigenvalue weighted by molar-refractivity contribution is -0.122. The van der Waals surface area contributed by atoms with Gasteiger partial charge in [-0.05, 0) is 43.9 Å². The quantitative estimate of drug-likeness (QED) is 0.905. The van der Waals surface area contributed by atoms with Crippen LogP contribution in [0.3, 0.4) is 0 Å². The maximum Gasteiger partial charge on any atom is 0.285 e. The monoisotopic (exact) mass is 338 g/mol. The standard InChI is InChI=1S/C19H22N4O2/c1-5-15-6-8-16(9-7-15)14(4)21-18(24)11-23-19(25)17(10-20)12(2)13(3)22-23/h6-9,14H,5,11H2,1-4H3,(H,21,24). The fraction of sp³-hybridized carbons (Fsp3) is 0.368. The predicted octanol–water partition coefficient (Wildman–Crippen LogP) is 2.17. The van der Waals surface area contributed by atoms with Gasteiger partial charge in [0.2, 0.25) is 5.91 Å². The van der Waals surface area contributed by atoms with Crippen LogP contribution in [0.4, 0.5) is 0 Å². The van der Waals surface area contributed by atoms with Crippen molar-refractivity contribution >= 4 is 5.91 Å². The molecule has 0 aliphatic rings. The summed E-state index contributed by atoms with van der Waals surface area (Å²) in [4.78, 5) is 24.5. The van der Waals surface area contributed by atoms with Gasteiger partial charge in [-0.2, -0.15) is 10.4 Å². The van der Waals surface area contributed by atoms with E-state index < -0.39 is 5.56 Å². The van der Waals surface area contributed by atoms with Crippen molar-refractivity contribution in [3.05, 3.63) is 62.6 Å². The number of hydrogen-bond donors (Lipinski definition) is 1. The Morgan fingerprint density at radius 2 is 1.96 bits per heavy atom. The molecule has 2 aromatic rings. The molecule has 6 nitrogen and oxygen atoms in total. The third-order valence-corrected chi connectivity index (χ3v) is 4.31. The van der Waals surface area contributed by atoms with Crippen LogP contribution in [0.15, 0.2) is 29.1 Å². The van der Waals surface area contributed by atoms with E-state index in [0.717, 1.165) is 16.7 Å². The highest BCUT2D eigenvalue weighted by Gasteiger charge is 2.15. The van der Waals surface area contributed by atoms with Gasteiger partial charge < -0.3 is 5.32 Å². The second kappa shape index (κ2) is 7.75. The van der Waals surface area contributed by atoms with Crippen molar-refractivity contribution in [2.45, 2.75) is 46.7 Å². The molecular weight excluding hydrogens is 316 g/mol. The van der Waals surface area contributed by atoms with Crippen LogP contribution in [0.2, 0.25) is 0 Å². The second-order valence-electron chi connectivity index (χ2n) is 6.04. The molecule has 1 unspecified atom stereocenters. The largest absolute Gasteiger partial charge is 0.348 e. The first-order valence-corrected chi connectivity index (χ1v) is 8.24. The molecule has 1 heterocycles. The van der Waals surface area contributed by atoms with Crippen molar-refractivity contribution in [2.75, 3.05) is 0 Å². The number of aryl methyl sites for hydroxylation is 2. The molecule has 2 rings (SSSR count). The summed E-state index contributed by atoms with van der Waals surface area (Å²) in [6, 6.07) is 9.74. The molecule has 0 radical (unpaired) electrons. The maximum absolute atomic E-state index is 12.3. The fourth-order valence-corrected chi connectivity index (χ4v) is 2.56. The van der Waals surface area contributed by atoms with Gasteiger partial charge in [0, 0.05) is 0 Å². The number of aromatic nitrogens is 2. The van der Waals surface area contributed by atoms with E-state index in [1.54, 1.807) is 13.8 Å². The average Bonchev–Trinajstić information content (AvgIpc) is 2.60. The zero-order chi connectivity index (χ0) is 18.6. The zero-order valence-corrected chi connectivity index (χ0v) is 15.0. The Labute approximate surface area is 147 Å². The van der Waals surface area contributed by atoms with Gasteiger partial charge in [-0.15, -0.1) is 0 Å². The van der Waals surface area contributed by atoms with Crippen molar-refractivity contribution in [3.63, 3.8) is 0 Å². The van der Waals surface area contributed by atoms with Crippen molar-refractivity contribution in [1.82, 2.24) is 15.1 Å². The van der Waals surface area contributed by atoms with Gasteiger partial charge in [0.25, 0.3) is 5.56 Å². The maximum atomic E-state index is 12.3. The van der Waals surface area contributed by atoms with E-state index in [2.05, 4.69) is 17.3 Å². The minimum absolute atomic E-state index is 0.0310. The number of carbonyl (C=O) groups excluding carboxylic acids is 1. The van der Waals surface area contributed by atoms with Crippen molar-refractivity contribution in [1.29, 1.82) is 5.26 Å². The Morgan fingerprint density at radius 3 is 2.52 bits per heavy atom. The van der Waals surface area contributed by atoms with Crippen LogP contribution in [-0.2, 0) is 17.8 Å². The summed E-state index contributed by atoms with van der Waals surface area (Å²) < 4.78 is 1.04. The summed E-state index contributed by atoms with van der Waals surface area (Å²) in [6.07, 6.45) is 0.962. The topological polar surface area (TPSA) is 87.8 Å². The Balaban J connectivity index is 2.13. The normalized spacial score (nSPS) is 11.6. The lowest BCUT2D eigenvalue weighted by atomic mass is 10.1. The van der Waals surface area contributed by atoms with E-state index in [9.17, 15) is 9.59 Å². The first kappa shape index (κ1) is 18.4. The van der Waals surface area contributed by atoms with Gasteiger partial charge in [-0.1, -0.05) is 31.2 Å². The van der Waals surface area contributed by atoms with E-state index in [4.69, 9.17) is 5.26 Å². The van der Waals surface area contributed by atoms with Crippen LogP contribution in [0.5, 0.6) is 0 Å². The van der Waals surface area contributed by atoms with Crippen LogP contribution in [-0.4, -0.2) is 15.7 Å². The smallest absolute Gasteiger partial charge is 0.285 e. The summed E-state index contributed by atoms with van der Waals surface area (Å²) in [7, 11) is 0. The molecular formula is C19H22N4O2. The highest BCUT2D eigenvalue weighted by Crippen LogP contribution is 2.13. The third kappa shape index (κ3) is 4.13. The van der Waals surface area contributed by atoms with Gasteiger partial charge in [0.15, 0.2) is 0 Å². The number of benzene rings is 1. The van der Waals surface area contributed by atoms with Crippen molar-refractivity contribution in [2.24, 2.45) is 0 Å². The molecule has 0 saturated heterocycles. The molecule has 6 heteroatoms. The summed E-state index contributed by atoms with van der Waals surface area (Å²) in [5.41, 5.74) is 2.82. The van der Waals surface area contributed by atoms with Crippen LogP contribution in [0, 0.1) is 25.2 Å². The third-order valence-electron chi connectivity index (χ3n) is 4.31. The minimum Gasteiger partial charge on any atom is -0.348 e. The summed E-state index contributed by atoms with van der Waals surface area (Å²) in [5, 5.41) is 16.1. The SMILES string of the molecule is CCc1ccc(C(C)NC(=O)Cn2nc(C)c(C)c(C#N)c2=O)cc1. The number of hydrogen-bond acceptors (Lipinski definition) is 4. The van der Waals surface area contributed by atoms with Crippen molar-refractivity contribution < 1.29 is 4.79 Å². The molecule has 1 N–H and O–H groups in total. The average molecular weight is 338 g/mol. The van der Waals surface area contributed by atoms with E-state index >= 15 is 0 Å². The van der Waals surface area contributed by atoms with Crippen LogP contribution < -0.4 is 10.9 Å². The minimum atomic E-state index is -0.541. The van der Waals surface area contributed by atoms with Crippen molar-refractivity contribution in [3.8, 4) is 6.07 Å². The number of amides is 1. The molecule has 1 aromatic heterocycles. The van der Waals surface area contributed by atoms with E-state index in [1.165, 1.54) is 5.56 Å². The Bertz CT molecular complexity index is 876. The highest BCUT2D eigenvalue weighted by atomic mass is 16.2. The zero-order valence-electron chi connectivity index (χ0n) is 15.0. The first-order chi connectivity index (χ1) is 11.9. The molecule has 0 bridgehead atoms. The molecule has 0 aliphatic heterocycles.